The molecule has 0 radical (unpaired) electrons. The Morgan fingerprint density at radius 2 is 1.74 bits per heavy atom. The molecule has 2 heterocycles. The van der Waals surface area contributed by atoms with Crippen molar-refractivity contribution in [2.45, 2.75) is 19.4 Å². The Hall–Kier alpha value is -3.48. The van der Waals surface area contributed by atoms with E-state index in [1.165, 1.54) is 0 Å². The molecule has 0 bridgehead atoms. The lowest BCUT2D eigenvalue weighted by Gasteiger charge is -2.31. The first kappa shape index (κ1) is 20.8. The molecule has 2 aliphatic rings. The number of likely N-dealkylation sites (N-methyl/N-ethyl adjacent to an activating group) is 1. The highest BCUT2D eigenvalue weighted by Crippen LogP contribution is 2.36. The highest BCUT2D eigenvalue weighted by Gasteiger charge is 2.42. The number of nitrogens with one attached hydrogen (secondary N) is 1. The minimum atomic E-state index is -0.433. The molecule has 0 spiro atoms. The van der Waals surface area contributed by atoms with Crippen LogP contribution >= 0.6 is 0 Å². The van der Waals surface area contributed by atoms with Crippen LogP contribution < -0.4 is 14.8 Å². The highest BCUT2D eigenvalue weighted by atomic mass is 16.5. The molecule has 2 aliphatic heterocycles. The van der Waals surface area contributed by atoms with Gasteiger partial charge in [0.1, 0.15) is 0 Å². The van der Waals surface area contributed by atoms with E-state index in [1.807, 2.05) is 49.4 Å². The number of carbonyl (C=O) groups is 2. The molecule has 0 saturated carbocycles. The number of aryl methyl sites for hydroxylation is 1. The maximum absolute atomic E-state index is 13.3. The average molecular weight is 421 g/mol. The van der Waals surface area contributed by atoms with E-state index >= 15 is 0 Å². The van der Waals surface area contributed by atoms with Gasteiger partial charge in [-0.3, -0.25) is 9.69 Å². The van der Waals surface area contributed by atoms with E-state index in [-0.39, 0.29) is 11.9 Å². The number of amides is 3. The predicted molar refractivity (Wildman–Crippen MR) is 117 cm³/mol. The van der Waals surface area contributed by atoms with E-state index in [9.17, 15) is 9.59 Å². The van der Waals surface area contributed by atoms with Gasteiger partial charge in [0.15, 0.2) is 11.5 Å². The summed E-state index contributed by atoms with van der Waals surface area (Å²) >= 11 is 0. The molecule has 162 valence electrons. The summed E-state index contributed by atoms with van der Waals surface area (Å²) in [4.78, 5) is 29.2. The summed E-state index contributed by atoms with van der Waals surface area (Å²) < 4.78 is 10.7. The molecule has 31 heavy (non-hydrogen) atoms. The minimum Gasteiger partial charge on any atom is -0.493 e. The van der Waals surface area contributed by atoms with E-state index in [2.05, 4.69) is 5.32 Å². The van der Waals surface area contributed by atoms with E-state index in [0.29, 0.717) is 36.6 Å². The van der Waals surface area contributed by atoms with Crippen LogP contribution in [0.5, 0.6) is 11.5 Å². The zero-order valence-electron chi connectivity index (χ0n) is 18.3. The minimum absolute atomic E-state index is 0.0344. The molecule has 1 N–H and O–H groups in total. The van der Waals surface area contributed by atoms with Crippen LogP contribution in [-0.2, 0) is 11.2 Å². The molecule has 2 aromatic rings. The molecule has 4 rings (SSSR count). The van der Waals surface area contributed by atoms with Gasteiger partial charge >= 0.3 is 6.03 Å². The summed E-state index contributed by atoms with van der Waals surface area (Å²) in [5, 5.41) is 2.98. The van der Waals surface area contributed by atoms with Crippen molar-refractivity contribution in [2.75, 3.05) is 34.4 Å². The van der Waals surface area contributed by atoms with Gasteiger partial charge in [-0.25, -0.2) is 4.79 Å². The van der Waals surface area contributed by atoms with Gasteiger partial charge < -0.3 is 19.7 Å². The van der Waals surface area contributed by atoms with Gasteiger partial charge in [-0.15, -0.1) is 0 Å². The third-order valence-electron chi connectivity index (χ3n) is 5.96. The number of carbonyl (C=O) groups excluding carboxylic acids is 2. The molecule has 0 saturated heterocycles. The SMILES string of the molecule is COc1ccc(CCN2CC3=C(C2=O)C(c2ccc(C)cc2)NC(=O)N3C)cc1OC. The maximum atomic E-state index is 13.3. The molecule has 1 atom stereocenters. The van der Waals surface area contributed by atoms with Gasteiger partial charge in [0.05, 0.1) is 38.1 Å². The van der Waals surface area contributed by atoms with Crippen molar-refractivity contribution in [3.05, 3.63) is 70.4 Å². The summed E-state index contributed by atoms with van der Waals surface area (Å²) in [5.41, 5.74) is 4.51. The van der Waals surface area contributed by atoms with Gasteiger partial charge in [0, 0.05) is 13.6 Å². The van der Waals surface area contributed by atoms with Crippen molar-refractivity contribution in [3.63, 3.8) is 0 Å². The first-order valence-electron chi connectivity index (χ1n) is 10.3. The van der Waals surface area contributed by atoms with Crippen LogP contribution in [0.25, 0.3) is 0 Å². The maximum Gasteiger partial charge on any atom is 0.322 e. The van der Waals surface area contributed by atoms with E-state index in [4.69, 9.17) is 9.47 Å². The van der Waals surface area contributed by atoms with Crippen LogP contribution in [0.4, 0.5) is 4.79 Å². The fourth-order valence-electron chi connectivity index (χ4n) is 4.11. The smallest absolute Gasteiger partial charge is 0.322 e. The van der Waals surface area contributed by atoms with Crippen LogP contribution in [0.15, 0.2) is 53.7 Å². The highest BCUT2D eigenvalue weighted by molar-refractivity contribution is 6.01. The third-order valence-corrected chi connectivity index (χ3v) is 5.96. The predicted octanol–water partition coefficient (Wildman–Crippen LogP) is 3.05. The van der Waals surface area contributed by atoms with E-state index in [0.717, 1.165) is 22.4 Å². The molecule has 0 aliphatic carbocycles. The molecule has 7 heteroatoms. The summed E-state index contributed by atoms with van der Waals surface area (Å²) in [6.07, 6.45) is 0.674. The summed E-state index contributed by atoms with van der Waals surface area (Å²) in [6.45, 7) is 2.98. The number of nitrogens with zero attached hydrogens (tertiary/aromatic N) is 2. The van der Waals surface area contributed by atoms with Crippen molar-refractivity contribution in [1.29, 1.82) is 0 Å². The van der Waals surface area contributed by atoms with Gasteiger partial charge in [-0.05, 0) is 36.6 Å². The number of rotatable bonds is 6. The monoisotopic (exact) mass is 421 g/mol. The van der Waals surface area contributed by atoms with Gasteiger partial charge in [-0.2, -0.15) is 0 Å². The van der Waals surface area contributed by atoms with Gasteiger partial charge in [-0.1, -0.05) is 35.9 Å². The second-order valence-electron chi connectivity index (χ2n) is 7.88. The third kappa shape index (κ3) is 3.83. The summed E-state index contributed by atoms with van der Waals surface area (Å²) in [6, 6.07) is 13.1. The molecular formula is C24H27N3O4. The van der Waals surface area contributed by atoms with Crippen molar-refractivity contribution >= 4 is 11.9 Å². The number of methoxy groups -OCH3 is 2. The lowest BCUT2D eigenvalue weighted by molar-refractivity contribution is -0.125. The number of benzene rings is 2. The van der Waals surface area contributed by atoms with Crippen molar-refractivity contribution in [2.24, 2.45) is 0 Å². The molecule has 2 aromatic carbocycles. The zero-order valence-corrected chi connectivity index (χ0v) is 18.3. The lowest BCUT2D eigenvalue weighted by Crippen LogP contribution is -2.45. The fraction of sp³-hybridized carbons (Fsp3) is 0.333. The first-order chi connectivity index (χ1) is 14.9. The van der Waals surface area contributed by atoms with Crippen molar-refractivity contribution < 1.29 is 19.1 Å². The molecule has 7 nitrogen and oxygen atoms in total. The Bertz CT molecular complexity index is 1050. The van der Waals surface area contributed by atoms with Crippen LogP contribution in [-0.4, -0.2) is 56.1 Å². The first-order valence-corrected chi connectivity index (χ1v) is 10.3. The largest absolute Gasteiger partial charge is 0.493 e. The molecule has 0 aromatic heterocycles. The number of ether oxygens (including phenoxy) is 2. The average Bonchev–Trinajstić information content (AvgIpc) is 3.11. The molecule has 1 unspecified atom stereocenters. The van der Waals surface area contributed by atoms with Crippen LogP contribution in [0.3, 0.4) is 0 Å². The lowest BCUT2D eigenvalue weighted by atomic mass is 9.95. The Labute approximate surface area is 182 Å². The molecular weight excluding hydrogens is 394 g/mol. The van der Waals surface area contributed by atoms with E-state index in [1.54, 1.807) is 31.1 Å². The topological polar surface area (TPSA) is 71.1 Å². The van der Waals surface area contributed by atoms with Crippen LogP contribution in [0, 0.1) is 6.92 Å². The summed E-state index contributed by atoms with van der Waals surface area (Å²) in [5.74, 6) is 1.31. The number of hydrogen-bond donors (Lipinski definition) is 1. The Balaban J connectivity index is 1.54. The molecule has 3 amide bonds. The second kappa shape index (κ2) is 8.34. The Morgan fingerprint density at radius 3 is 2.42 bits per heavy atom. The van der Waals surface area contributed by atoms with Crippen LogP contribution in [0.1, 0.15) is 22.7 Å². The summed E-state index contributed by atoms with van der Waals surface area (Å²) in [7, 11) is 4.92. The second-order valence-corrected chi connectivity index (χ2v) is 7.88. The number of hydrogen-bond acceptors (Lipinski definition) is 4. The molecule has 0 fully saturated rings. The quantitative estimate of drug-likeness (QED) is 0.778. The van der Waals surface area contributed by atoms with Crippen molar-refractivity contribution in [3.8, 4) is 11.5 Å². The van der Waals surface area contributed by atoms with Crippen LogP contribution in [0.2, 0.25) is 0 Å². The van der Waals surface area contributed by atoms with E-state index < -0.39 is 6.04 Å². The van der Waals surface area contributed by atoms with Gasteiger partial charge in [0.25, 0.3) is 5.91 Å². The fourth-order valence-corrected chi connectivity index (χ4v) is 4.11. The zero-order chi connectivity index (χ0) is 22.1. The standard InChI is InChI=1S/C24H27N3O4/c1-15-5-8-17(9-6-15)22-21-18(26(2)24(29)25-22)14-27(23(21)28)12-11-16-7-10-19(30-3)20(13-16)31-4/h5-10,13,22H,11-12,14H2,1-4H3,(H,25,29). The normalized spacial score (nSPS) is 18.3. The number of urea groups is 1. The Kier molecular flexibility index (Phi) is 5.59. The van der Waals surface area contributed by atoms with Crippen molar-refractivity contribution in [1.82, 2.24) is 15.1 Å². The van der Waals surface area contributed by atoms with Gasteiger partial charge in [0.2, 0.25) is 0 Å². The Morgan fingerprint density at radius 1 is 1.03 bits per heavy atom.